The first kappa shape index (κ1) is 22.7. The highest BCUT2D eigenvalue weighted by Gasteiger charge is 2.35. The van der Waals surface area contributed by atoms with Gasteiger partial charge in [0.05, 0.1) is 16.4 Å². The molecule has 2 aliphatic heterocycles. The maximum absolute atomic E-state index is 13.7. The number of nitrogens with one attached hydrogen (secondary N) is 2. The number of hydrogen-bond donors (Lipinski definition) is 2. The number of carbonyl (C=O) groups is 2. The van der Waals surface area contributed by atoms with Crippen LogP contribution in [-0.2, 0) is 11.3 Å². The lowest BCUT2D eigenvalue weighted by atomic mass is 9.77. The summed E-state index contributed by atoms with van der Waals surface area (Å²) in [5, 5.41) is 6.03. The Kier molecular flexibility index (Phi) is 6.16. The quantitative estimate of drug-likeness (QED) is 0.616. The van der Waals surface area contributed by atoms with E-state index in [4.69, 9.17) is 25.8 Å². The lowest BCUT2D eigenvalue weighted by Gasteiger charge is -2.41. The van der Waals surface area contributed by atoms with E-state index in [-0.39, 0.29) is 31.4 Å². The fourth-order valence-electron chi connectivity index (χ4n) is 4.95. The second-order valence-corrected chi connectivity index (χ2v) is 9.65. The molecular weight excluding hydrogens is 458 g/mol. The molecule has 0 saturated heterocycles. The van der Waals surface area contributed by atoms with Crippen molar-refractivity contribution in [3.63, 3.8) is 0 Å². The second kappa shape index (κ2) is 9.25. The van der Waals surface area contributed by atoms with Gasteiger partial charge in [-0.3, -0.25) is 4.79 Å². The number of nitrogens with zero attached hydrogens (tertiary/aromatic N) is 1. The van der Waals surface area contributed by atoms with Crippen molar-refractivity contribution in [2.75, 3.05) is 24.0 Å². The summed E-state index contributed by atoms with van der Waals surface area (Å²) >= 11 is 6.45. The molecule has 0 unspecified atom stereocenters. The fourth-order valence-corrected chi connectivity index (χ4v) is 5.16. The minimum atomic E-state index is -0.240. The summed E-state index contributed by atoms with van der Waals surface area (Å²) in [5.74, 6) is 2.52. The second-order valence-electron chi connectivity index (χ2n) is 9.25. The van der Waals surface area contributed by atoms with Crippen molar-refractivity contribution in [3.8, 4) is 17.2 Å². The third kappa shape index (κ3) is 4.46. The molecule has 3 amide bonds. The SMILES string of the molecule is C[C@H]1[C@H](C)CCC[C@H]1N(Cc1ccc2c(c1)OCO2)C(=O)Nc1cc2c(cc1Cl)NC(=O)CO2. The average molecular weight is 486 g/mol. The van der Waals surface area contributed by atoms with Crippen LogP contribution in [0.5, 0.6) is 17.2 Å². The predicted octanol–water partition coefficient (Wildman–Crippen LogP) is 5.26. The Morgan fingerprint density at radius 2 is 1.94 bits per heavy atom. The maximum Gasteiger partial charge on any atom is 0.322 e. The topological polar surface area (TPSA) is 89.1 Å². The van der Waals surface area contributed by atoms with E-state index in [9.17, 15) is 9.59 Å². The first-order valence-electron chi connectivity index (χ1n) is 11.6. The zero-order valence-corrected chi connectivity index (χ0v) is 20.0. The average Bonchev–Trinajstić information content (AvgIpc) is 3.28. The van der Waals surface area contributed by atoms with E-state index in [0.717, 1.165) is 24.8 Å². The number of halogens is 1. The molecule has 2 aromatic rings. The van der Waals surface area contributed by atoms with E-state index in [1.165, 1.54) is 0 Å². The highest BCUT2D eigenvalue weighted by Crippen LogP contribution is 2.39. The Labute approximate surface area is 203 Å². The summed E-state index contributed by atoms with van der Waals surface area (Å²) < 4.78 is 16.5. The van der Waals surface area contributed by atoms with Gasteiger partial charge in [-0.05, 0) is 42.0 Å². The Morgan fingerprint density at radius 3 is 2.79 bits per heavy atom. The molecule has 34 heavy (non-hydrogen) atoms. The molecule has 1 saturated carbocycles. The molecular formula is C25H28ClN3O5. The Bertz CT molecular complexity index is 1120. The smallest absolute Gasteiger partial charge is 0.322 e. The molecule has 9 heteroatoms. The molecule has 180 valence electrons. The summed E-state index contributed by atoms with van der Waals surface area (Å²) in [7, 11) is 0. The summed E-state index contributed by atoms with van der Waals surface area (Å²) in [5.41, 5.74) is 1.90. The number of rotatable bonds is 4. The standard InChI is InChI=1S/C25H28ClN3O5/c1-14-4-3-5-20(15(14)2)29(11-16-6-7-21-23(8-16)34-13-33-21)25(31)28-18-10-22-19(9-17(18)26)27-24(30)12-32-22/h6-10,14-15,20H,3-5,11-13H2,1-2H3,(H,27,30)(H,28,31)/t14-,15+,20-/m1/s1. The molecule has 1 aliphatic carbocycles. The predicted molar refractivity (Wildman–Crippen MR) is 129 cm³/mol. The van der Waals surface area contributed by atoms with Crippen LogP contribution in [0.4, 0.5) is 16.2 Å². The van der Waals surface area contributed by atoms with Gasteiger partial charge in [-0.25, -0.2) is 4.79 Å². The molecule has 1 fully saturated rings. The van der Waals surface area contributed by atoms with Crippen LogP contribution in [0.15, 0.2) is 30.3 Å². The van der Waals surface area contributed by atoms with Crippen LogP contribution in [0.2, 0.25) is 5.02 Å². The van der Waals surface area contributed by atoms with Gasteiger partial charge >= 0.3 is 6.03 Å². The summed E-state index contributed by atoms with van der Waals surface area (Å²) in [6, 6.07) is 8.88. The van der Waals surface area contributed by atoms with Crippen molar-refractivity contribution >= 4 is 34.9 Å². The van der Waals surface area contributed by atoms with E-state index >= 15 is 0 Å². The van der Waals surface area contributed by atoms with Crippen molar-refractivity contribution in [2.45, 2.75) is 45.7 Å². The van der Waals surface area contributed by atoms with Crippen LogP contribution in [0.1, 0.15) is 38.7 Å². The van der Waals surface area contributed by atoms with E-state index in [2.05, 4.69) is 24.5 Å². The van der Waals surface area contributed by atoms with Crippen molar-refractivity contribution in [2.24, 2.45) is 11.8 Å². The Hall–Kier alpha value is -3.13. The van der Waals surface area contributed by atoms with Gasteiger partial charge in [-0.1, -0.05) is 44.4 Å². The van der Waals surface area contributed by atoms with Crippen LogP contribution in [-0.4, -0.2) is 36.3 Å². The van der Waals surface area contributed by atoms with Crippen molar-refractivity contribution < 1.29 is 23.8 Å². The van der Waals surface area contributed by atoms with E-state index in [1.807, 2.05) is 23.1 Å². The van der Waals surface area contributed by atoms with Crippen LogP contribution in [0.25, 0.3) is 0 Å². The van der Waals surface area contributed by atoms with Gasteiger partial charge in [0.15, 0.2) is 18.1 Å². The minimum absolute atomic E-state index is 0.0737. The zero-order valence-electron chi connectivity index (χ0n) is 19.2. The number of hydrogen-bond acceptors (Lipinski definition) is 5. The lowest BCUT2D eigenvalue weighted by Crippen LogP contribution is -2.48. The first-order chi connectivity index (χ1) is 16.4. The Balaban J connectivity index is 1.41. The molecule has 8 nitrogen and oxygen atoms in total. The molecule has 3 atom stereocenters. The van der Waals surface area contributed by atoms with Gasteiger partial charge in [-0.2, -0.15) is 0 Å². The number of fused-ring (bicyclic) bond motifs is 2. The number of benzene rings is 2. The molecule has 0 aromatic heterocycles. The van der Waals surface area contributed by atoms with Crippen molar-refractivity contribution in [1.29, 1.82) is 0 Å². The van der Waals surface area contributed by atoms with Crippen LogP contribution in [0, 0.1) is 11.8 Å². The molecule has 0 spiro atoms. The van der Waals surface area contributed by atoms with Gasteiger partial charge < -0.3 is 29.7 Å². The molecule has 5 rings (SSSR count). The third-order valence-corrected chi connectivity index (χ3v) is 7.37. The van der Waals surface area contributed by atoms with Gasteiger partial charge in [-0.15, -0.1) is 0 Å². The number of carbonyl (C=O) groups excluding carboxylic acids is 2. The largest absolute Gasteiger partial charge is 0.482 e. The fraction of sp³-hybridized carbons (Fsp3) is 0.440. The van der Waals surface area contributed by atoms with Crippen molar-refractivity contribution in [3.05, 3.63) is 40.9 Å². The monoisotopic (exact) mass is 485 g/mol. The van der Waals surface area contributed by atoms with E-state index < -0.39 is 0 Å². The maximum atomic E-state index is 13.7. The normalized spacial score (nSPS) is 22.9. The molecule has 0 radical (unpaired) electrons. The number of urea groups is 1. The molecule has 2 N–H and O–H groups in total. The third-order valence-electron chi connectivity index (χ3n) is 7.06. The lowest BCUT2D eigenvalue weighted by molar-refractivity contribution is -0.118. The molecule has 2 heterocycles. The van der Waals surface area contributed by atoms with Crippen LogP contribution in [0.3, 0.4) is 0 Å². The number of ether oxygens (including phenoxy) is 3. The number of amides is 3. The van der Waals surface area contributed by atoms with E-state index in [1.54, 1.807) is 12.1 Å². The summed E-state index contributed by atoms with van der Waals surface area (Å²) in [6.45, 7) is 5.03. The highest BCUT2D eigenvalue weighted by molar-refractivity contribution is 6.34. The van der Waals surface area contributed by atoms with E-state index in [0.29, 0.717) is 52.0 Å². The van der Waals surface area contributed by atoms with Gasteiger partial charge in [0, 0.05) is 18.7 Å². The number of anilines is 2. The molecule has 3 aliphatic rings. The zero-order chi connectivity index (χ0) is 23.8. The minimum Gasteiger partial charge on any atom is -0.482 e. The van der Waals surface area contributed by atoms with Gasteiger partial charge in [0.25, 0.3) is 5.91 Å². The summed E-state index contributed by atoms with van der Waals surface area (Å²) in [4.78, 5) is 27.2. The highest BCUT2D eigenvalue weighted by atomic mass is 35.5. The summed E-state index contributed by atoms with van der Waals surface area (Å²) in [6.07, 6.45) is 3.18. The first-order valence-corrected chi connectivity index (χ1v) is 12.0. The Morgan fingerprint density at radius 1 is 1.12 bits per heavy atom. The van der Waals surface area contributed by atoms with Gasteiger partial charge in [0.2, 0.25) is 6.79 Å². The van der Waals surface area contributed by atoms with Crippen LogP contribution >= 0.6 is 11.6 Å². The van der Waals surface area contributed by atoms with Crippen molar-refractivity contribution in [1.82, 2.24) is 4.90 Å². The van der Waals surface area contributed by atoms with Crippen LogP contribution < -0.4 is 24.8 Å². The van der Waals surface area contributed by atoms with Gasteiger partial charge in [0.1, 0.15) is 5.75 Å². The molecule has 2 aromatic carbocycles. The molecule has 0 bridgehead atoms.